The van der Waals surface area contributed by atoms with Gasteiger partial charge in [-0.3, -0.25) is 14.5 Å². The number of carbonyl (C=O) groups excluding carboxylic acids is 3. The second-order valence-corrected chi connectivity index (χ2v) is 7.45. The summed E-state index contributed by atoms with van der Waals surface area (Å²) in [6, 6.07) is 3.77. The van der Waals surface area contributed by atoms with Crippen LogP contribution in [0.15, 0.2) is 11.6 Å². The van der Waals surface area contributed by atoms with Gasteiger partial charge in [-0.1, -0.05) is 13.8 Å². The standard InChI is InChI=1S/C21H27N3O4/c1-14(2)7-9-23-15(3)10-17(16(23)4)11-18(12-22)21(27)28-13-20(26)24-8-5-6-19(24)25/h10-11,14H,5-9,13H2,1-4H3/b18-11+. The van der Waals surface area contributed by atoms with Gasteiger partial charge in [-0.15, -0.1) is 0 Å². The highest BCUT2D eigenvalue weighted by atomic mass is 16.5. The molecule has 0 spiro atoms. The third-order valence-corrected chi connectivity index (χ3v) is 4.88. The number of carbonyl (C=O) groups is 3. The number of amides is 2. The van der Waals surface area contributed by atoms with E-state index in [9.17, 15) is 19.6 Å². The number of nitrogens with zero attached hydrogens (tertiary/aromatic N) is 3. The van der Waals surface area contributed by atoms with Crippen LogP contribution >= 0.6 is 0 Å². The molecule has 1 saturated heterocycles. The Bertz CT molecular complexity index is 843. The second-order valence-electron chi connectivity index (χ2n) is 7.45. The van der Waals surface area contributed by atoms with Gasteiger partial charge in [-0.25, -0.2) is 4.79 Å². The molecule has 2 rings (SSSR count). The number of likely N-dealkylation sites (tertiary alicyclic amines) is 1. The number of hydrogen-bond acceptors (Lipinski definition) is 5. The summed E-state index contributed by atoms with van der Waals surface area (Å²) in [6.45, 7) is 8.93. The maximum absolute atomic E-state index is 12.2. The second kappa shape index (κ2) is 9.36. The zero-order valence-electron chi connectivity index (χ0n) is 16.9. The normalized spacial score (nSPS) is 14.5. The van der Waals surface area contributed by atoms with E-state index < -0.39 is 18.5 Å². The van der Waals surface area contributed by atoms with Crippen LogP contribution in [0.5, 0.6) is 0 Å². The summed E-state index contributed by atoms with van der Waals surface area (Å²) >= 11 is 0. The zero-order valence-corrected chi connectivity index (χ0v) is 16.9. The lowest BCUT2D eigenvalue weighted by molar-refractivity contribution is -0.152. The maximum atomic E-state index is 12.2. The molecule has 1 fully saturated rings. The predicted octanol–water partition coefficient (Wildman–Crippen LogP) is 2.75. The van der Waals surface area contributed by atoms with Crippen LogP contribution in [0, 0.1) is 31.1 Å². The number of rotatable bonds is 7. The Hall–Kier alpha value is -2.88. The first-order valence-electron chi connectivity index (χ1n) is 9.53. The summed E-state index contributed by atoms with van der Waals surface area (Å²) in [5.74, 6) is -1.11. The molecule has 7 nitrogen and oxygen atoms in total. The van der Waals surface area contributed by atoms with Gasteiger partial charge >= 0.3 is 5.97 Å². The molecule has 0 bridgehead atoms. The van der Waals surface area contributed by atoms with E-state index in [2.05, 4.69) is 18.4 Å². The molecule has 2 amide bonds. The Morgan fingerprint density at radius 1 is 1.36 bits per heavy atom. The average Bonchev–Trinajstić information content (AvgIpc) is 3.18. The monoisotopic (exact) mass is 385 g/mol. The lowest BCUT2D eigenvalue weighted by Gasteiger charge is -2.13. The van der Waals surface area contributed by atoms with Gasteiger partial charge in [-0.05, 0) is 50.3 Å². The number of ether oxygens (including phenoxy) is 1. The van der Waals surface area contributed by atoms with Crippen molar-refractivity contribution in [1.29, 1.82) is 5.26 Å². The van der Waals surface area contributed by atoms with Gasteiger partial charge in [0.25, 0.3) is 5.91 Å². The third kappa shape index (κ3) is 5.10. The van der Waals surface area contributed by atoms with Crippen molar-refractivity contribution in [3.63, 3.8) is 0 Å². The minimum atomic E-state index is -0.866. The Morgan fingerprint density at radius 2 is 2.07 bits per heavy atom. The van der Waals surface area contributed by atoms with Crippen molar-refractivity contribution in [2.75, 3.05) is 13.2 Å². The van der Waals surface area contributed by atoms with Crippen LogP contribution in [-0.2, 0) is 25.7 Å². The topological polar surface area (TPSA) is 92.4 Å². The van der Waals surface area contributed by atoms with Gasteiger partial charge < -0.3 is 9.30 Å². The van der Waals surface area contributed by atoms with Crippen molar-refractivity contribution in [3.05, 3.63) is 28.6 Å². The number of hydrogen-bond donors (Lipinski definition) is 0. The number of aryl methyl sites for hydroxylation is 1. The number of esters is 1. The smallest absolute Gasteiger partial charge is 0.349 e. The van der Waals surface area contributed by atoms with E-state index in [1.807, 2.05) is 26.0 Å². The summed E-state index contributed by atoms with van der Waals surface area (Å²) in [6.07, 6.45) is 3.47. The fraction of sp³-hybridized carbons (Fsp3) is 0.524. The average molecular weight is 385 g/mol. The van der Waals surface area contributed by atoms with E-state index in [1.165, 1.54) is 6.08 Å². The molecule has 0 aromatic carbocycles. The Morgan fingerprint density at radius 3 is 2.64 bits per heavy atom. The van der Waals surface area contributed by atoms with E-state index in [0.717, 1.165) is 34.8 Å². The largest absolute Gasteiger partial charge is 0.451 e. The summed E-state index contributed by atoms with van der Waals surface area (Å²) < 4.78 is 7.13. The van der Waals surface area contributed by atoms with Gasteiger partial charge in [0.15, 0.2) is 6.61 Å². The fourth-order valence-electron chi connectivity index (χ4n) is 3.19. The van der Waals surface area contributed by atoms with Gasteiger partial charge in [0, 0.05) is 30.9 Å². The van der Waals surface area contributed by atoms with E-state index in [1.54, 1.807) is 0 Å². The first-order valence-corrected chi connectivity index (χ1v) is 9.53. The molecule has 1 aromatic heterocycles. The van der Waals surface area contributed by atoms with Crippen LogP contribution in [0.1, 0.15) is 50.1 Å². The van der Waals surface area contributed by atoms with Crippen molar-refractivity contribution in [2.45, 2.75) is 53.5 Å². The summed E-state index contributed by atoms with van der Waals surface area (Å²) in [5, 5.41) is 9.34. The van der Waals surface area contributed by atoms with Crippen LogP contribution < -0.4 is 0 Å². The molecule has 0 radical (unpaired) electrons. The number of aromatic nitrogens is 1. The molecule has 0 atom stereocenters. The number of imide groups is 1. The lowest BCUT2D eigenvalue weighted by atomic mass is 10.1. The molecule has 150 valence electrons. The molecule has 0 aliphatic carbocycles. The molecule has 0 saturated carbocycles. The van der Waals surface area contributed by atoms with Gasteiger partial charge in [0.2, 0.25) is 5.91 Å². The Kier molecular flexibility index (Phi) is 7.16. The maximum Gasteiger partial charge on any atom is 0.349 e. The van der Waals surface area contributed by atoms with Crippen LogP contribution in [0.3, 0.4) is 0 Å². The first kappa shape index (κ1) is 21.4. The van der Waals surface area contributed by atoms with Crippen molar-refractivity contribution in [1.82, 2.24) is 9.47 Å². The Labute approximate surface area is 165 Å². The first-order chi connectivity index (χ1) is 13.2. The Balaban J connectivity index is 2.07. The highest BCUT2D eigenvalue weighted by Gasteiger charge is 2.27. The van der Waals surface area contributed by atoms with Crippen molar-refractivity contribution in [3.8, 4) is 6.07 Å². The van der Waals surface area contributed by atoms with Gasteiger partial charge in [-0.2, -0.15) is 5.26 Å². The fourth-order valence-corrected chi connectivity index (χ4v) is 3.19. The summed E-state index contributed by atoms with van der Waals surface area (Å²) in [4.78, 5) is 36.8. The van der Waals surface area contributed by atoms with E-state index in [4.69, 9.17) is 4.74 Å². The predicted molar refractivity (Wildman–Crippen MR) is 104 cm³/mol. The molecular formula is C21H27N3O4. The van der Waals surface area contributed by atoms with Crippen LogP contribution in [-0.4, -0.2) is 40.4 Å². The van der Waals surface area contributed by atoms with E-state index >= 15 is 0 Å². The van der Waals surface area contributed by atoms with E-state index in [-0.39, 0.29) is 11.5 Å². The van der Waals surface area contributed by atoms with Gasteiger partial charge in [0.1, 0.15) is 11.6 Å². The molecule has 1 aliphatic heterocycles. The third-order valence-electron chi connectivity index (χ3n) is 4.88. The van der Waals surface area contributed by atoms with Crippen molar-refractivity contribution < 1.29 is 19.1 Å². The number of nitriles is 1. The molecule has 0 unspecified atom stereocenters. The van der Waals surface area contributed by atoms with Crippen LogP contribution in [0.4, 0.5) is 0 Å². The zero-order chi connectivity index (χ0) is 20.8. The van der Waals surface area contributed by atoms with Crippen molar-refractivity contribution >= 4 is 23.9 Å². The SMILES string of the molecule is Cc1cc(/C=C(\C#N)C(=O)OCC(=O)N2CCCC2=O)c(C)n1CCC(C)C. The molecular weight excluding hydrogens is 358 g/mol. The molecule has 7 heteroatoms. The van der Waals surface area contributed by atoms with Crippen LogP contribution in [0.25, 0.3) is 6.08 Å². The minimum Gasteiger partial charge on any atom is -0.451 e. The molecule has 28 heavy (non-hydrogen) atoms. The summed E-state index contributed by atoms with van der Waals surface area (Å²) in [5.41, 5.74) is 2.62. The highest BCUT2D eigenvalue weighted by Crippen LogP contribution is 2.20. The minimum absolute atomic E-state index is 0.176. The van der Waals surface area contributed by atoms with Crippen LogP contribution in [0.2, 0.25) is 0 Å². The highest BCUT2D eigenvalue weighted by molar-refractivity contribution is 6.01. The molecule has 1 aromatic rings. The van der Waals surface area contributed by atoms with Crippen molar-refractivity contribution in [2.24, 2.45) is 5.92 Å². The molecule has 0 N–H and O–H groups in total. The van der Waals surface area contributed by atoms with Gasteiger partial charge in [0.05, 0.1) is 0 Å². The summed E-state index contributed by atoms with van der Waals surface area (Å²) in [7, 11) is 0. The lowest BCUT2D eigenvalue weighted by Crippen LogP contribution is -2.35. The van der Waals surface area contributed by atoms with E-state index in [0.29, 0.717) is 25.3 Å². The quantitative estimate of drug-likeness (QED) is 0.409. The molecule has 1 aliphatic rings. The molecule has 2 heterocycles.